The molecule has 1 aromatic rings. The maximum Gasteiger partial charge on any atom is 0.222 e. The van der Waals surface area contributed by atoms with Gasteiger partial charge in [0.25, 0.3) is 0 Å². The van der Waals surface area contributed by atoms with Crippen LogP contribution in [0.25, 0.3) is 0 Å². The minimum absolute atomic E-state index is 0.0245. The fraction of sp³-hybridized carbons (Fsp3) is 0.864. The lowest BCUT2D eigenvalue weighted by molar-refractivity contribution is -0.136. The number of carbonyl (C=O) groups excluding carboxylic acids is 1. The van der Waals surface area contributed by atoms with Crippen LogP contribution in [-0.2, 0) is 22.7 Å². The van der Waals surface area contributed by atoms with E-state index in [1.807, 2.05) is 18.0 Å². The van der Waals surface area contributed by atoms with E-state index in [0.717, 1.165) is 24.7 Å². The van der Waals surface area contributed by atoms with Gasteiger partial charge in [-0.25, -0.2) is 0 Å². The number of carbonyl (C=O) groups is 1. The topological polar surface area (TPSA) is 83.7 Å². The van der Waals surface area contributed by atoms with Crippen LogP contribution in [0.2, 0.25) is 0 Å². The zero-order valence-electron chi connectivity index (χ0n) is 18.9. The van der Waals surface area contributed by atoms with Crippen LogP contribution in [0.4, 0.5) is 0 Å². The first-order valence-corrected chi connectivity index (χ1v) is 11.6. The number of aromatic nitrogens is 3. The van der Waals surface area contributed by atoms with E-state index in [0.29, 0.717) is 32.5 Å². The third-order valence-corrected chi connectivity index (χ3v) is 6.58. The first-order valence-electron chi connectivity index (χ1n) is 11.6. The minimum Gasteiger partial charge on any atom is -0.394 e. The highest BCUT2D eigenvalue weighted by molar-refractivity contribution is 5.76. The molecule has 1 aliphatic carbocycles. The first kappa shape index (κ1) is 23.2. The third-order valence-electron chi connectivity index (χ3n) is 6.58. The number of hydrogen-bond acceptors (Lipinski definition) is 6. The van der Waals surface area contributed by atoms with Crippen molar-refractivity contribution in [2.24, 2.45) is 11.8 Å². The Morgan fingerprint density at radius 2 is 2.07 bits per heavy atom. The summed E-state index contributed by atoms with van der Waals surface area (Å²) in [7, 11) is 2.17. The van der Waals surface area contributed by atoms with Crippen molar-refractivity contribution in [1.29, 1.82) is 0 Å². The molecule has 1 N–H and O–H groups in total. The molecule has 1 aromatic heterocycles. The monoisotopic (exact) mass is 421 g/mol. The van der Waals surface area contributed by atoms with Gasteiger partial charge in [-0.3, -0.25) is 9.48 Å². The zero-order valence-corrected chi connectivity index (χ0v) is 18.9. The predicted molar refractivity (Wildman–Crippen MR) is 115 cm³/mol. The Labute approximate surface area is 180 Å². The first-order chi connectivity index (χ1) is 14.5. The van der Waals surface area contributed by atoms with Crippen LogP contribution >= 0.6 is 0 Å². The van der Waals surface area contributed by atoms with Crippen LogP contribution in [0.15, 0.2) is 6.20 Å². The number of ether oxygens (including phenoxy) is 1. The third kappa shape index (κ3) is 6.49. The molecule has 170 valence electrons. The molecule has 0 saturated heterocycles. The fourth-order valence-corrected chi connectivity index (χ4v) is 4.71. The molecule has 3 rings (SSSR count). The van der Waals surface area contributed by atoms with E-state index in [4.69, 9.17) is 4.74 Å². The minimum atomic E-state index is -0.195. The van der Waals surface area contributed by atoms with Crippen molar-refractivity contribution in [3.8, 4) is 0 Å². The summed E-state index contributed by atoms with van der Waals surface area (Å²) in [5.41, 5.74) is 0.830. The van der Waals surface area contributed by atoms with Crippen molar-refractivity contribution in [1.82, 2.24) is 24.8 Å². The number of aliphatic hydroxyl groups is 1. The lowest BCUT2D eigenvalue weighted by Crippen LogP contribution is -2.47. The number of likely N-dealkylation sites (N-methyl/N-ethyl adjacent to an activating group) is 1. The lowest BCUT2D eigenvalue weighted by Gasteiger charge is -2.35. The maximum absolute atomic E-state index is 12.9. The lowest BCUT2D eigenvalue weighted by atomic mass is 10.0. The molecular weight excluding hydrogens is 382 g/mol. The molecule has 0 unspecified atom stereocenters. The Balaban J connectivity index is 1.72. The van der Waals surface area contributed by atoms with Gasteiger partial charge in [0, 0.05) is 38.5 Å². The van der Waals surface area contributed by atoms with Gasteiger partial charge in [0.15, 0.2) is 0 Å². The van der Waals surface area contributed by atoms with Crippen molar-refractivity contribution in [2.45, 2.75) is 77.7 Å². The number of nitrogens with zero attached hydrogens (tertiary/aromatic N) is 5. The predicted octanol–water partition coefficient (Wildman–Crippen LogP) is 1.92. The van der Waals surface area contributed by atoms with Crippen molar-refractivity contribution >= 4 is 5.91 Å². The van der Waals surface area contributed by atoms with Gasteiger partial charge in [0.1, 0.15) is 5.69 Å². The van der Waals surface area contributed by atoms with Gasteiger partial charge in [-0.05, 0) is 39.2 Å². The highest BCUT2D eigenvalue weighted by atomic mass is 16.5. The van der Waals surface area contributed by atoms with Gasteiger partial charge in [-0.1, -0.05) is 25.0 Å². The second-order valence-electron chi connectivity index (χ2n) is 9.35. The molecule has 8 nitrogen and oxygen atoms in total. The van der Waals surface area contributed by atoms with Gasteiger partial charge in [0.05, 0.1) is 31.6 Å². The van der Waals surface area contributed by atoms with Crippen molar-refractivity contribution in [2.75, 3.05) is 33.3 Å². The Morgan fingerprint density at radius 1 is 1.30 bits per heavy atom. The van der Waals surface area contributed by atoms with E-state index in [-0.39, 0.29) is 30.6 Å². The molecule has 0 aromatic carbocycles. The van der Waals surface area contributed by atoms with Crippen LogP contribution in [-0.4, -0.2) is 81.2 Å². The molecule has 1 amide bonds. The van der Waals surface area contributed by atoms with Gasteiger partial charge in [-0.15, -0.1) is 5.10 Å². The molecule has 1 saturated carbocycles. The van der Waals surface area contributed by atoms with E-state index in [9.17, 15) is 9.90 Å². The van der Waals surface area contributed by atoms with Gasteiger partial charge < -0.3 is 19.6 Å². The van der Waals surface area contributed by atoms with Crippen LogP contribution in [0.5, 0.6) is 0 Å². The summed E-state index contributed by atoms with van der Waals surface area (Å²) in [6.45, 7) is 7.62. The van der Waals surface area contributed by atoms with Crippen LogP contribution in [0.3, 0.4) is 0 Å². The number of hydrogen-bond donors (Lipinski definition) is 1. The summed E-state index contributed by atoms with van der Waals surface area (Å²) in [5.74, 6) is 1.01. The summed E-state index contributed by atoms with van der Waals surface area (Å²) in [6, 6.07) is -0.195. The van der Waals surface area contributed by atoms with Gasteiger partial charge >= 0.3 is 0 Å². The smallest absolute Gasteiger partial charge is 0.222 e. The van der Waals surface area contributed by atoms with E-state index < -0.39 is 0 Å². The van der Waals surface area contributed by atoms with E-state index >= 15 is 0 Å². The zero-order chi connectivity index (χ0) is 21.5. The molecular formula is C22H39N5O3. The average molecular weight is 422 g/mol. The second-order valence-corrected chi connectivity index (χ2v) is 9.35. The molecule has 1 aliphatic heterocycles. The molecule has 30 heavy (non-hydrogen) atoms. The number of aryl methyl sites for hydroxylation is 1. The molecule has 2 heterocycles. The molecule has 2 aliphatic rings. The molecule has 2 bridgehead atoms. The second kappa shape index (κ2) is 11.2. The molecule has 8 heteroatoms. The number of fused-ring (bicyclic) bond motifs is 2. The Kier molecular flexibility index (Phi) is 8.65. The summed E-state index contributed by atoms with van der Waals surface area (Å²) in [5, 5.41) is 18.1. The van der Waals surface area contributed by atoms with E-state index in [1.165, 1.54) is 25.7 Å². The SMILES string of the molecule is C[C@@H]1CN([C@H](C)CO)C(=O)CCCn2cc(nn2)CO[C@H]1CN(C)CC1CCCC1. The highest BCUT2D eigenvalue weighted by Crippen LogP contribution is 2.26. The van der Waals surface area contributed by atoms with Crippen LogP contribution in [0.1, 0.15) is 58.1 Å². The average Bonchev–Trinajstić information content (AvgIpc) is 3.40. The molecule has 3 atom stereocenters. The highest BCUT2D eigenvalue weighted by Gasteiger charge is 2.28. The van der Waals surface area contributed by atoms with Crippen molar-refractivity contribution in [3.05, 3.63) is 11.9 Å². The summed E-state index contributed by atoms with van der Waals surface area (Å²) in [6.07, 6.45) is 8.39. The van der Waals surface area contributed by atoms with Gasteiger partial charge in [-0.2, -0.15) is 0 Å². The van der Waals surface area contributed by atoms with E-state index in [2.05, 4.69) is 29.2 Å². The van der Waals surface area contributed by atoms with E-state index in [1.54, 1.807) is 4.68 Å². The van der Waals surface area contributed by atoms with Crippen LogP contribution < -0.4 is 0 Å². The Morgan fingerprint density at radius 3 is 2.80 bits per heavy atom. The number of amides is 1. The van der Waals surface area contributed by atoms with Crippen molar-refractivity contribution < 1.29 is 14.6 Å². The summed E-state index contributed by atoms with van der Waals surface area (Å²) >= 11 is 0. The largest absolute Gasteiger partial charge is 0.394 e. The molecule has 1 fully saturated rings. The summed E-state index contributed by atoms with van der Waals surface area (Å²) in [4.78, 5) is 17.1. The normalized spacial score (nSPS) is 25.8. The molecule has 0 spiro atoms. The fourth-order valence-electron chi connectivity index (χ4n) is 4.71. The number of aliphatic hydroxyl groups excluding tert-OH is 1. The van der Waals surface area contributed by atoms with Gasteiger partial charge in [0.2, 0.25) is 5.91 Å². The van der Waals surface area contributed by atoms with Crippen LogP contribution in [0, 0.1) is 11.8 Å². The Bertz CT molecular complexity index is 661. The Hall–Kier alpha value is -1.51. The quantitative estimate of drug-likeness (QED) is 0.756. The molecule has 0 radical (unpaired) electrons. The number of rotatable bonds is 6. The standard InChI is InChI=1S/C22H39N5O3/c1-17-11-27(18(2)15-28)22(29)9-6-10-26-13-20(23-24-26)16-30-21(17)14-25(3)12-19-7-4-5-8-19/h13,17-19,21,28H,4-12,14-16H2,1-3H3/t17-,18-,21+/m1/s1. The summed E-state index contributed by atoms with van der Waals surface area (Å²) < 4.78 is 8.13. The van der Waals surface area contributed by atoms with Crippen molar-refractivity contribution in [3.63, 3.8) is 0 Å². The maximum atomic E-state index is 12.9.